The first-order valence-electron chi connectivity index (χ1n) is 10.3. The molecule has 1 N–H and O–H groups in total. The molecule has 0 radical (unpaired) electrons. The van der Waals surface area contributed by atoms with Gasteiger partial charge in [-0.25, -0.2) is 13.8 Å². The van der Waals surface area contributed by atoms with Crippen LogP contribution in [0.3, 0.4) is 0 Å². The van der Waals surface area contributed by atoms with Crippen LogP contribution in [0.2, 0.25) is 0 Å². The molecule has 4 rings (SSSR count). The molecule has 3 aromatic rings. The molecule has 0 saturated carbocycles. The number of ether oxygens (including phenoxy) is 1. The fourth-order valence-electron chi connectivity index (χ4n) is 3.94. The third-order valence-corrected chi connectivity index (χ3v) is 5.56. The highest BCUT2D eigenvalue weighted by molar-refractivity contribution is 6.09. The van der Waals surface area contributed by atoms with Gasteiger partial charge in [0.15, 0.2) is 0 Å². The van der Waals surface area contributed by atoms with E-state index in [0.717, 1.165) is 5.56 Å². The summed E-state index contributed by atoms with van der Waals surface area (Å²) in [6.45, 7) is 3.27. The monoisotopic (exact) mass is 452 g/mol. The number of hydrogen-bond acceptors (Lipinski definition) is 5. The van der Waals surface area contributed by atoms with E-state index in [0.29, 0.717) is 34.2 Å². The van der Waals surface area contributed by atoms with Gasteiger partial charge in [0.1, 0.15) is 6.54 Å². The van der Waals surface area contributed by atoms with Crippen molar-refractivity contribution in [2.24, 2.45) is 0 Å². The van der Waals surface area contributed by atoms with Crippen molar-refractivity contribution in [3.05, 3.63) is 65.6 Å². The summed E-state index contributed by atoms with van der Waals surface area (Å²) >= 11 is 0. The molecular formula is C24H22F2N4O3. The molecule has 0 spiro atoms. The van der Waals surface area contributed by atoms with E-state index in [-0.39, 0.29) is 18.0 Å². The molecule has 7 nitrogen and oxygen atoms in total. The summed E-state index contributed by atoms with van der Waals surface area (Å²) in [6.07, 6.45) is -0.968. The van der Waals surface area contributed by atoms with Crippen LogP contribution in [0.5, 0.6) is 5.88 Å². The molecule has 1 aliphatic rings. The number of nitrogens with zero attached hydrogens (tertiary/aromatic N) is 3. The summed E-state index contributed by atoms with van der Waals surface area (Å²) in [7, 11) is 1.48. The van der Waals surface area contributed by atoms with E-state index in [9.17, 15) is 18.4 Å². The van der Waals surface area contributed by atoms with E-state index >= 15 is 0 Å². The van der Waals surface area contributed by atoms with E-state index < -0.39 is 18.3 Å². The van der Waals surface area contributed by atoms with Crippen molar-refractivity contribution >= 4 is 23.2 Å². The van der Waals surface area contributed by atoms with Gasteiger partial charge in [-0.2, -0.15) is 0 Å². The highest BCUT2D eigenvalue weighted by Crippen LogP contribution is 2.42. The number of methoxy groups -OCH3 is 1. The van der Waals surface area contributed by atoms with E-state index in [4.69, 9.17) is 4.74 Å². The van der Waals surface area contributed by atoms with Crippen molar-refractivity contribution in [1.29, 1.82) is 0 Å². The Morgan fingerprint density at radius 3 is 2.64 bits per heavy atom. The molecule has 170 valence electrons. The van der Waals surface area contributed by atoms with Crippen LogP contribution >= 0.6 is 0 Å². The molecule has 3 heterocycles. The molecule has 0 aliphatic carbocycles. The van der Waals surface area contributed by atoms with Gasteiger partial charge in [-0.15, -0.1) is 0 Å². The predicted octanol–water partition coefficient (Wildman–Crippen LogP) is 4.49. The Kier molecular flexibility index (Phi) is 6.04. The number of carbonyl (C=O) groups is 2. The second kappa shape index (κ2) is 8.93. The van der Waals surface area contributed by atoms with Crippen molar-refractivity contribution in [2.45, 2.75) is 26.2 Å². The number of carbonyl (C=O) groups excluding carboxylic acids is 2. The predicted molar refractivity (Wildman–Crippen MR) is 120 cm³/mol. The van der Waals surface area contributed by atoms with E-state index in [1.54, 1.807) is 32.2 Å². The standard InChI is InChI=1S/C24H22F2N4O3/c1-13-22-17(5-4-10-27-22)21-14(2)28-20(33-3)11-18(21)30(24(13)32)12-19(31)29-16-8-6-15(7-9-16)23(25)26/h4-11,13,23H,12H2,1-3H3,(H,29,31). The molecule has 33 heavy (non-hydrogen) atoms. The van der Waals surface area contributed by atoms with Crippen LogP contribution in [0.1, 0.15) is 36.2 Å². The number of hydrogen-bond donors (Lipinski definition) is 1. The number of pyridine rings is 2. The zero-order valence-electron chi connectivity index (χ0n) is 18.3. The highest BCUT2D eigenvalue weighted by atomic mass is 19.3. The number of nitrogens with one attached hydrogen (secondary N) is 1. The third-order valence-electron chi connectivity index (χ3n) is 5.56. The largest absolute Gasteiger partial charge is 0.481 e. The Morgan fingerprint density at radius 2 is 1.97 bits per heavy atom. The fraction of sp³-hybridized carbons (Fsp3) is 0.250. The first-order valence-corrected chi connectivity index (χ1v) is 10.3. The summed E-state index contributed by atoms with van der Waals surface area (Å²) in [6, 6.07) is 10.6. The zero-order chi connectivity index (χ0) is 23.7. The van der Waals surface area contributed by atoms with Gasteiger partial charge < -0.3 is 15.0 Å². The van der Waals surface area contributed by atoms with Gasteiger partial charge in [0.25, 0.3) is 6.43 Å². The number of aryl methyl sites for hydroxylation is 1. The van der Waals surface area contributed by atoms with Gasteiger partial charge in [-0.05, 0) is 32.0 Å². The van der Waals surface area contributed by atoms with E-state index in [1.807, 2.05) is 6.07 Å². The third kappa shape index (κ3) is 4.26. The normalized spacial score (nSPS) is 15.0. The van der Waals surface area contributed by atoms with Gasteiger partial charge in [0, 0.05) is 34.6 Å². The molecule has 0 fully saturated rings. The number of halogens is 2. The Hall–Kier alpha value is -3.88. The lowest BCUT2D eigenvalue weighted by molar-refractivity contribution is -0.122. The highest BCUT2D eigenvalue weighted by Gasteiger charge is 2.35. The van der Waals surface area contributed by atoms with E-state index in [2.05, 4.69) is 15.3 Å². The SMILES string of the molecule is COc1cc2c(c(C)n1)-c1cccnc1C(C)C(=O)N2CC(=O)Nc1ccc(C(F)F)cc1. The molecule has 2 aromatic heterocycles. The number of amides is 2. The second-order valence-electron chi connectivity index (χ2n) is 7.70. The molecule has 1 aromatic carbocycles. The average Bonchev–Trinajstić information content (AvgIpc) is 2.89. The lowest BCUT2D eigenvalue weighted by atomic mass is 9.96. The van der Waals surface area contributed by atoms with Crippen LogP contribution < -0.4 is 15.0 Å². The minimum absolute atomic E-state index is 0.140. The maximum Gasteiger partial charge on any atom is 0.263 e. The summed E-state index contributed by atoms with van der Waals surface area (Å²) in [5.41, 5.74) is 3.41. The molecule has 2 amide bonds. The Bertz CT molecular complexity index is 1210. The fourth-order valence-corrected chi connectivity index (χ4v) is 3.94. The number of rotatable bonds is 5. The number of anilines is 2. The van der Waals surface area contributed by atoms with Gasteiger partial charge in [-0.1, -0.05) is 18.2 Å². The van der Waals surface area contributed by atoms with Crippen LogP contribution in [-0.2, 0) is 9.59 Å². The van der Waals surface area contributed by atoms with Crippen LogP contribution in [0, 0.1) is 6.92 Å². The molecule has 1 aliphatic heterocycles. The molecule has 0 saturated heterocycles. The van der Waals surface area contributed by atoms with Gasteiger partial charge in [0.2, 0.25) is 17.7 Å². The first kappa shape index (κ1) is 22.3. The maximum absolute atomic E-state index is 13.5. The zero-order valence-corrected chi connectivity index (χ0v) is 18.3. The molecular weight excluding hydrogens is 430 g/mol. The lowest BCUT2D eigenvalue weighted by Crippen LogP contribution is -2.40. The Morgan fingerprint density at radius 1 is 1.24 bits per heavy atom. The number of benzene rings is 1. The summed E-state index contributed by atoms with van der Waals surface area (Å²) < 4.78 is 30.9. The van der Waals surface area contributed by atoms with Gasteiger partial charge in [-0.3, -0.25) is 14.6 Å². The van der Waals surface area contributed by atoms with Crippen molar-refractivity contribution in [2.75, 3.05) is 23.9 Å². The molecule has 0 bridgehead atoms. The minimum atomic E-state index is -2.59. The number of fused-ring (bicyclic) bond motifs is 3. The Balaban J connectivity index is 1.71. The second-order valence-corrected chi connectivity index (χ2v) is 7.70. The van der Waals surface area contributed by atoms with E-state index in [1.165, 1.54) is 36.3 Å². The summed E-state index contributed by atoms with van der Waals surface area (Å²) in [5.74, 6) is -1.06. The minimum Gasteiger partial charge on any atom is -0.481 e. The van der Waals surface area contributed by atoms with Gasteiger partial charge in [0.05, 0.1) is 30.1 Å². The van der Waals surface area contributed by atoms with Crippen LogP contribution in [0.25, 0.3) is 11.1 Å². The van der Waals surface area contributed by atoms with Crippen molar-refractivity contribution in [3.8, 4) is 17.0 Å². The average molecular weight is 452 g/mol. The molecule has 1 atom stereocenters. The molecule has 1 unspecified atom stereocenters. The first-order chi connectivity index (χ1) is 15.8. The quantitative estimate of drug-likeness (QED) is 0.617. The molecule has 9 heteroatoms. The number of aromatic nitrogens is 2. The van der Waals surface area contributed by atoms with Crippen molar-refractivity contribution in [1.82, 2.24) is 9.97 Å². The Labute approximate surface area is 189 Å². The summed E-state index contributed by atoms with van der Waals surface area (Å²) in [4.78, 5) is 36.6. The van der Waals surface area contributed by atoms with Crippen LogP contribution in [0.4, 0.5) is 20.2 Å². The topological polar surface area (TPSA) is 84.4 Å². The maximum atomic E-state index is 13.5. The van der Waals surface area contributed by atoms with Crippen molar-refractivity contribution in [3.63, 3.8) is 0 Å². The van der Waals surface area contributed by atoms with Crippen LogP contribution in [-0.4, -0.2) is 35.4 Å². The smallest absolute Gasteiger partial charge is 0.263 e. The van der Waals surface area contributed by atoms with Crippen molar-refractivity contribution < 1.29 is 23.1 Å². The number of alkyl halides is 2. The summed E-state index contributed by atoms with van der Waals surface area (Å²) in [5, 5.41) is 2.67. The van der Waals surface area contributed by atoms with Gasteiger partial charge >= 0.3 is 0 Å². The lowest BCUT2D eigenvalue weighted by Gasteiger charge is -2.25. The van der Waals surface area contributed by atoms with Crippen LogP contribution in [0.15, 0.2) is 48.7 Å².